The zero-order valence-corrected chi connectivity index (χ0v) is 12.5. The highest BCUT2D eigenvalue weighted by Crippen LogP contribution is 2.20. The summed E-state index contributed by atoms with van der Waals surface area (Å²) in [4.78, 5) is 14.1. The summed E-state index contributed by atoms with van der Waals surface area (Å²) in [5.41, 5.74) is 5.87. The molecule has 0 saturated carbocycles. The molecule has 1 atom stereocenters. The second-order valence-electron chi connectivity index (χ2n) is 4.06. The average Bonchev–Trinajstić information content (AvgIpc) is 2.26. The van der Waals surface area contributed by atoms with Crippen molar-refractivity contribution in [2.24, 2.45) is 5.73 Å². The molecule has 0 aromatic heterocycles. The van der Waals surface area contributed by atoms with Crippen LogP contribution in [0.3, 0.4) is 0 Å². The fourth-order valence-electron chi connectivity index (χ4n) is 1.48. The highest BCUT2D eigenvalue weighted by molar-refractivity contribution is 9.10. The van der Waals surface area contributed by atoms with Gasteiger partial charge in [0.2, 0.25) is 0 Å². The molecule has 0 heterocycles. The van der Waals surface area contributed by atoms with Gasteiger partial charge >= 0.3 is 0 Å². The van der Waals surface area contributed by atoms with Gasteiger partial charge in [-0.2, -0.15) is 0 Å². The number of nitrogens with zero attached hydrogens (tertiary/aromatic N) is 1. The molecule has 1 rings (SSSR count). The molecule has 1 aromatic carbocycles. The number of amides is 1. The summed E-state index contributed by atoms with van der Waals surface area (Å²) in [5.74, 6) is -0.595. The second-order valence-corrected chi connectivity index (χ2v) is 5.44. The Balaban J connectivity index is 2.89. The molecule has 0 bridgehead atoms. The van der Waals surface area contributed by atoms with Gasteiger partial charge in [-0.25, -0.2) is 4.39 Å². The van der Waals surface area contributed by atoms with Crippen molar-refractivity contribution in [1.82, 2.24) is 4.90 Å². The molecule has 2 N–H and O–H groups in total. The number of rotatable bonds is 4. The van der Waals surface area contributed by atoms with Crippen molar-refractivity contribution < 1.29 is 9.18 Å². The predicted molar refractivity (Wildman–Crippen MR) is 77.1 cm³/mol. The molecule has 1 amide bonds. The molecule has 0 radical (unpaired) electrons. The van der Waals surface area contributed by atoms with E-state index in [1.165, 1.54) is 23.1 Å². The number of halogens is 2. The van der Waals surface area contributed by atoms with Crippen LogP contribution in [0.25, 0.3) is 0 Å². The number of benzene rings is 1. The zero-order valence-electron chi connectivity index (χ0n) is 10.1. The topological polar surface area (TPSA) is 46.3 Å². The van der Waals surface area contributed by atoms with Crippen LogP contribution >= 0.6 is 28.1 Å². The predicted octanol–water partition coefficient (Wildman–Crippen LogP) is 2.72. The van der Waals surface area contributed by atoms with E-state index in [-0.39, 0.29) is 11.9 Å². The van der Waals surface area contributed by atoms with Gasteiger partial charge in [0.15, 0.2) is 0 Å². The van der Waals surface area contributed by atoms with Crippen LogP contribution in [-0.4, -0.2) is 28.9 Å². The van der Waals surface area contributed by atoms with Crippen LogP contribution in [0, 0.1) is 5.82 Å². The number of thiocarbonyl (C=S) groups is 1. The lowest BCUT2D eigenvalue weighted by Gasteiger charge is -2.25. The van der Waals surface area contributed by atoms with Crippen molar-refractivity contribution in [1.29, 1.82) is 0 Å². The Labute approximate surface area is 119 Å². The molecule has 3 nitrogen and oxygen atoms in total. The van der Waals surface area contributed by atoms with Gasteiger partial charge in [-0.3, -0.25) is 4.79 Å². The van der Waals surface area contributed by atoms with E-state index < -0.39 is 5.82 Å². The highest BCUT2D eigenvalue weighted by Gasteiger charge is 2.20. The molecule has 0 spiro atoms. The lowest BCUT2D eigenvalue weighted by Crippen LogP contribution is -2.37. The number of carbonyl (C=O) groups is 1. The van der Waals surface area contributed by atoms with Crippen molar-refractivity contribution >= 4 is 39.0 Å². The normalized spacial score (nSPS) is 12.0. The molecule has 6 heteroatoms. The summed E-state index contributed by atoms with van der Waals surface area (Å²) in [7, 11) is 1.67. The minimum absolute atomic E-state index is 0.105. The van der Waals surface area contributed by atoms with Gasteiger partial charge in [-0.05, 0) is 41.1 Å². The van der Waals surface area contributed by atoms with E-state index in [0.29, 0.717) is 21.4 Å². The van der Waals surface area contributed by atoms with Crippen LogP contribution in [0.2, 0.25) is 0 Å². The Morgan fingerprint density at radius 2 is 2.22 bits per heavy atom. The lowest BCUT2D eigenvalue weighted by atomic mass is 10.1. The number of carbonyl (C=O) groups excluding carboxylic acids is 1. The van der Waals surface area contributed by atoms with Crippen LogP contribution in [0.15, 0.2) is 22.7 Å². The van der Waals surface area contributed by atoms with Crippen LogP contribution in [0.5, 0.6) is 0 Å². The third-order valence-electron chi connectivity index (χ3n) is 2.64. The second kappa shape index (κ2) is 6.24. The van der Waals surface area contributed by atoms with Crippen molar-refractivity contribution in [3.05, 3.63) is 34.1 Å². The summed E-state index contributed by atoms with van der Waals surface area (Å²) >= 11 is 8.00. The van der Waals surface area contributed by atoms with Gasteiger partial charge < -0.3 is 10.6 Å². The molecule has 1 unspecified atom stereocenters. The molecule has 18 heavy (non-hydrogen) atoms. The first kappa shape index (κ1) is 15.0. The van der Waals surface area contributed by atoms with E-state index >= 15 is 0 Å². The van der Waals surface area contributed by atoms with Crippen molar-refractivity contribution in [2.45, 2.75) is 19.4 Å². The zero-order chi connectivity index (χ0) is 13.9. The summed E-state index contributed by atoms with van der Waals surface area (Å²) in [5, 5.41) is 0. The van der Waals surface area contributed by atoms with Gasteiger partial charge in [0.1, 0.15) is 5.82 Å². The van der Waals surface area contributed by atoms with Gasteiger partial charge in [-0.15, -0.1) is 0 Å². The van der Waals surface area contributed by atoms with E-state index in [9.17, 15) is 9.18 Å². The minimum Gasteiger partial charge on any atom is -0.393 e. The summed E-state index contributed by atoms with van der Waals surface area (Å²) < 4.78 is 13.4. The Kier molecular flexibility index (Phi) is 5.22. The van der Waals surface area contributed by atoms with Gasteiger partial charge in [0.05, 0.1) is 10.6 Å². The van der Waals surface area contributed by atoms with Crippen molar-refractivity contribution in [2.75, 3.05) is 7.05 Å². The van der Waals surface area contributed by atoms with Crippen LogP contribution in [-0.2, 0) is 0 Å². The van der Waals surface area contributed by atoms with Crippen LogP contribution in [0.4, 0.5) is 4.39 Å². The maximum atomic E-state index is 13.0. The van der Waals surface area contributed by atoms with Crippen molar-refractivity contribution in [3.8, 4) is 0 Å². The van der Waals surface area contributed by atoms with Gasteiger partial charge in [-0.1, -0.05) is 12.2 Å². The standard InChI is InChI=1S/C12H14BrFN2OS/c1-7(5-11(15)18)16(2)12(17)9-4-3-8(14)6-10(9)13/h3-4,6-7H,5H2,1-2H3,(H2,15,18). The first-order chi connectivity index (χ1) is 8.32. The number of hydrogen-bond donors (Lipinski definition) is 1. The number of hydrogen-bond acceptors (Lipinski definition) is 2. The van der Waals surface area contributed by atoms with E-state index in [1.807, 2.05) is 6.92 Å². The smallest absolute Gasteiger partial charge is 0.254 e. The SMILES string of the molecule is CC(CC(N)=S)N(C)C(=O)c1ccc(F)cc1Br. The maximum Gasteiger partial charge on any atom is 0.254 e. The largest absolute Gasteiger partial charge is 0.393 e. The van der Waals surface area contributed by atoms with Crippen molar-refractivity contribution in [3.63, 3.8) is 0 Å². The average molecular weight is 333 g/mol. The Morgan fingerprint density at radius 3 is 2.72 bits per heavy atom. The molecule has 98 valence electrons. The van der Waals surface area contributed by atoms with Crippen LogP contribution < -0.4 is 5.73 Å². The summed E-state index contributed by atoms with van der Waals surface area (Å²) in [6.45, 7) is 1.86. The monoisotopic (exact) mass is 332 g/mol. The molecule has 0 aliphatic heterocycles. The summed E-state index contributed by atoms with van der Waals surface area (Å²) in [6.07, 6.45) is 0.455. The number of nitrogens with two attached hydrogens (primary N) is 1. The maximum absolute atomic E-state index is 13.0. The van der Waals surface area contributed by atoms with Crippen LogP contribution in [0.1, 0.15) is 23.7 Å². The first-order valence-corrected chi connectivity index (χ1v) is 6.53. The van der Waals surface area contributed by atoms with Gasteiger partial charge in [0.25, 0.3) is 5.91 Å². The third kappa shape index (κ3) is 3.74. The molecule has 0 aliphatic rings. The highest BCUT2D eigenvalue weighted by atomic mass is 79.9. The molecule has 0 saturated heterocycles. The molecular formula is C12H14BrFN2OS. The molecule has 0 aliphatic carbocycles. The van der Waals surface area contributed by atoms with E-state index in [0.717, 1.165) is 0 Å². The molecular weight excluding hydrogens is 319 g/mol. The lowest BCUT2D eigenvalue weighted by molar-refractivity contribution is 0.0747. The molecule has 0 fully saturated rings. The van der Waals surface area contributed by atoms with Gasteiger partial charge in [0, 0.05) is 24.0 Å². The fraction of sp³-hybridized carbons (Fsp3) is 0.333. The minimum atomic E-state index is -0.391. The molecule has 1 aromatic rings. The fourth-order valence-corrected chi connectivity index (χ4v) is 2.24. The van der Waals surface area contributed by atoms with E-state index in [2.05, 4.69) is 15.9 Å². The first-order valence-electron chi connectivity index (χ1n) is 5.33. The third-order valence-corrected chi connectivity index (χ3v) is 3.46. The van der Waals surface area contributed by atoms with E-state index in [4.69, 9.17) is 18.0 Å². The Bertz CT molecular complexity index is 481. The Morgan fingerprint density at radius 1 is 1.61 bits per heavy atom. The Hall–Kier alpha value is -1.01. The summed E-state index contributed by atoms with van der Waals surface area (Å²) in [6, 6.07) is 3.86. The quantitative estimate of drug-likeness (QED) is 0.862. The van der Waals surface area contributed by atoms with E-state index in [1.54, 1.807) is 7.05 Å².